The minimum Gasteiger partial charge on any atom is -0.496 e. The van der Waals surface area contributed by atoms with Crippen molar-refractivity contribution in [2.24, 2.45) is 0 Å². The zero-order valence-corrected chi connectivity index (χ0v) is 13.0. The molecule has 100 valence electrons. The summed E-state index contributed by atoms with van der Waals surface area (Å²) in [6.07, 6.45) is 0. The topological polar surface area (TPSA) is 9.23 Å². The lowest BCUT2D eigenvalue weighted by Gasteiger charge is -2.15. The van der Waals surface area contributed by atoms with Crippen LogP contribution in [0, 0.1) is 0 Å². The summed E-state index contributed by atoms with van der Waals surface area (Å²) >= 11 is 24.3. The maximum Gasteiger partial charge on any atom is 0.125 e. The molecule has 0 aromatic heterocycles. The first kappa shape index (κ1) is 14.8. The Labute approximate surface area is 132 Å². The van der Waals surface area contributed by atoms with Gasteiger partial charge in [-0.2, -0.15) is 0 Å². The van der Waals surface area contributed by atoms with Gasteiger partial charge in [0.15, 0.2) is 0 Å². The number of methoxy groups -OCH3 is 1. The monoisotopic (exact) mass is 334 g/mol. The van der Waals surface area contributed by atoms with Gasteiger partial charge in [-0.25, -0.2) is 0 Å². The van der Waals surface area contributed by atoms with Crippen molar-refractivity contribution in [1.29, 1.82) is 0 Å². The lowest BCUT2D eigenvalue weighted by Crippen LogP contribution is -1.97. The molecular formula is C14H10Cl4O. The number of benzene rings is 2. The van der Waals surface area contributed by atoms with Gasteiger partial charge in [-0.1, -0.05) is 46.9 Å². The van der Waals surface area contributed by atoms with Gasteiger partial charge in [0.1, 0.15) is 5.75 Å². The Balaban J connectivity index is 2.43. The smallest absolute Gasteiger partial charge is 0.125 e. The molecule has 0 spiro atoms. The number of hydrogen-bond acceptors (Lipinski definition) is 1. The largest absolute Gasteiger partial charge is 0.496 e. The minimum absolute atomic E-state index is 0.387. The predicted octanol–water partition coefficient (Wildman–Crippen LogP) is 5.98. The van der Waals surface area contributed by atoms with E-state index in [0.717, 1.165) is 11.1 Å². The summed E-state index contributed by atoms with van der Waals surface area (Å²) in [5, 5.41) is 1.18. The first-order valence-electron chi connectivity index (χ1n) is 5.45. The zero-order chi connectivity index (χ0) is 14.0. The van der Waals surface area contributed by atoms with E-state index in [1.165, 1.54) is 0 Å². The molecule has 0 aliphatic carbocycles. The molecule has 5 heteroatoms. The molecule has 1 atom stereocenters. The molecule has 1 unspecified atom stereocenters. The third-order valence-electron chi connectivity index (χ3n) is 2.70. The van der Waals surface area contributed by atoms with E-state index in [1.54, 1.807) is 31.4 Å². The number of ether oxygens (including phenoxy) is 1. The van der Waals surface area contributed by atoms with Crippen molar-refractivity contribution in [3.63, 3.8) is 0 Å². The van der Waals surface area contributed by atoms with Crippen LogP contribution in [0.2, 0.25) is 15.1 Å². The van der Waals surface area contributed by atoms with Gasteiger partial charge in [0.2, 0.25) is 0 Å². The molecule has 0 radical (unpaired) electrons. The summed E-state index contributed by atoms with van der Waals surface area (Å²) in [6.45, 7) is 0. The standard InChI is InChI=1S/C14H10Cl4O/c1-19-13-7-9(15)3-4-10(13)14(18)8-2-5-11(16)12(17)6-8/h2-7,14H,1H3. The Morgan fingerprint density at radius 2 is 1.68 bits per heavy atom. The lowest BCUT2D eigenvalue weighted by atomic mass is 10.0. The van der Waals surface area contributed by atoms with Crippen LogP contribution in [-0.2, 0) is 0 Å². The molecule has 0 fully saturated rings. The number of halogens is 4. The van der Waals surface area contributed by atoms with Crippen molar-refractivity contribution in [3.05, 3.63) is 62.6 Å². The first-order valence-corrected chi connectivity index (χ1v) is 7.02. The van der Waals surface area contributed by atoms with Crippen molar-refractivity contribution in [3.8, 4) is 5.75 Å². The molecule has 0 saturated heterocycles. The highest BCUT2D eigenvalue weighted by atomic mass is 35.5. The van der Waals surface area contributed by atoms with Crippen molar-refractivity contribution in [2.45, 2.75) is 5.38 Å². The van der Waals surface area contributed by atoms with E-state index in [1.807, 2.05) is 12.1 Å². The van der Waals surface area contributed by atoms with Crippen LogP contribution in [0.1, 0.15) is 16.5 Å². The van der Waals surface area contributed by atoms with Crippen molar-refractivity contribution < 1.29 is 4.74 Å². The third kappa shape index (κ3) is 3.29. The summed E-state index contributed by atoms with van der Waals surface area (Å²) in [4.78, 5) is 0. The first-order chi connectivity index (χ1) is 9.02. The van der Waals surface area contributed by atoms with E-state index >= 15 is 0 Å². The highest BCUT2D eigenvalue weighted by molar-refractivity contribution is 6.42. The van der Waals surface area contributed by atoms with Gasteiger partial charge in [0, 0.05) is 10.6 Å². The molecule has 0 heterocycles. The summed E-state index contributed by atoms with van der Waals surface area (Å²) in [6, 6.07) is 10.6. The second-order valence-corrected chi connectivity index (χ2v) is 5.61. The SMILES string of the molecule is COc1cc(Cl)ccc1C(Cl)c1ccc(Cl)c(Cl)c1. The summed E-state index contributed by atoms with van der Waals surface area (Å²) in [5.74, 6) is 0.638. The second-order valence-electron chi connectivity index (χ2n) is 3.92. The Morgan fingerprint density at radius 1 is 0.947 bits per heavy atom. The average Bonchev–Trinajstić information content (AvgIpc) is 2.41. The quantitative estimate of drug-likeness (QED) is 0.626. The van der Waals surface area contributed by atoms with Gasteiger partial charge in [-0.3, -0.25) is 0 Å². The number of hydrogen-bond donors (Lipinski definition) is 0. The van der Waals surface area contributed by atoms with Crippen LogP contribution in [0.15, 0.2) is 36.4 Å². The molecule has 0 aliphatic rings. The van der Waals surface area contributed by atoms with Gasteiger partial charge in [-0.05, 0) is 29.8 Å². The molecule has 2 rings (SSSR count). The van der Waals surface area contributed by atoms with Gasteiger partial charge >= 0.3 is 0 Å². The maximum absolute atomic E-state index is 6.47. The highest BCUT2D eigenvalue weighted by Crippen LogP contribution is 2.38. The average molecular weight is 336 g/mol. The van der Waals surface area contributed by atoms with Crippen molar-refractivity contribution in [2.75, 3.05) is 7.11 Å². The normalized spacial score (nSPS) is 12.3. The Bertz CT molecular complexity index is 598. The molecule has 2 aromatic carbocycles. The van der Waals surface area contributed by atoms with E-state index in [2.05, 4.69) is 0 Å². The molecule has 19 heavy (non-hydrogen) atoms. The van der Waals surface area contributed by atoms with Crippen LogP contribution < -0.4 is 4.74 Å². The van der Waals surface area contributed by atoms with Crippen LogP contribution in [0.3, 0.4) is 0 Å². The number of alkyl halides is 1. The fraction of sp³-hybridized carbons (Fsp3) is 0.143. The van der Waals surface area contributed by atoms with E-state index in [-0.39, 0.29) is 5.38 Å². The molecule has 2 aromatic rings. The summed E-state index contributed by atoms with van der Waals surface area (Å²) in [7, 11) is 1.58. The molecule has 0 saturated carbocycles. The van der Waals surface area contributed by atoms with Crippen LogP contribution in [0.25, 0.3) is 0 Å². The van der Waals surface area contributed by atoms with Gasteiger partial charge in [0.05, 0.1) is 22.5 Å². The fourth-order valence-corrected chi connectivity index (χ4v) is 2.53. The predicted molar refractivity (Wildman–Crippen MR) is 82.2 cm³/mol. The summed E-state index contributed by atoms with van der Waals surface area (Å²) < 4.78 is 5.29. The molecule has 0 N–H and O–H groups in total. The summed E-state index contributed by atoms with van der Waals surface area (Å²) in [5.41, 5.74) is 1.67. The van der Waals surface area contributed by atoms with Gasteiger partial charge in [-0.15, -0.1) is 11.6 Å². The zero-order valence-electron chi connectivity index (χ0n) is 9.96. The van der Waals surface area contributed by atoms with E-state index in [9.17, 15) is 0 Å². The molecule has 0 aliphatic heterocycles. The van der Waals surface area contributed by atoms with Crippen LogP contribution >= 0.6 is 46.4 Å². The van der Waals surface area contributed by atoms with Crippen LogP contribution in [0.4, 0.5) is 0 Å². The van der Waals surface area contributed by atoms with E-state index in [0.29, 0.717) is 20.8 Å². The number of rotatable bonds is 3. The second kappa shape index (κ2) is 6.23. The Morgan fingerprint density at radius 3 is 2.32 bits per heavy atom. The van der Waals surface area contributed by atoms with E-state index in [4.69, 9.17) is 51.1 Å². The third-order valence-corrected chi connectivity index (χ3v) is 4.17. The minimum atomic E-state index is -0.387. The van der Waals surface area contributed by atoms with Crippen LogP contribution in [-0.4, -0.2) is 7.11 Å². The molecule has 0 amide bonds. The van der Waals surface area contributed by atoms with Crippen molar-refractivity contribution in [1.82, 2.24) is 0 Å². The van der Waals surface area contributed by atoms with Gasteiger partial charge < -0.3 is 4.74 Å². The van der Waals surface area contributed by atoms with Crippen molar-refractivity contribution >= 4 is 46.4 Å². The van der Waals surface area contributed by atoms with Crippen LogP contribution in [0.5, 0.6) is 5.75 Å². The highest BCUT2D eigenvalue weighted by Gasteiger charge is 2.17. The fourth-order valence-electron chi connectivity index (χ4n) is 1.74. The van der Waals surface area contributed by atoms with Gasteiger partial charge in [0.25, 0.3) is 0 Å². The van der Waals surface area contributed by atoms with E-state index < -0.39 is 0 Å². The maximum atomic E-state index is 6.47. The molecular weight excluding hydrogens is 326 g/mol. The Hall–Kier alpha value is -0.600. The Kier molecular flexibility index (Phi) is 4.86. The molecule has 1 nitrogen and oxygen atoms in total. The lowest BCUT2D eigenvalue weighted by molar-refractivity contribution is 0.410. The molecule has 0 bridgehead atoms.